The van der Waals surface area contributed by atoms with Crippen LogP contribution in [-0.2, 0) is 0 Å². The van der Waals surface area contributed by atoms with E-state index in [1.807, 2.05) is 13.8 Å². The average molecular weight is 481 g/mol. The van der Waals surface area contributed by atoms with Crippen molar-refractivity contribution in [2.75, 3.05) is 6.61 Å². The molecular formula is C29H36O6. The lowest BCUT2D eigenvalue weighted by atomic mass is 10.1. The third-order valence-corrected chi connectivity index (χ3v) is 5.62. The highest BCUT2D eigenvalue weighted by Crippen LogP contribution is 2.37. The van der Waals surface area contributed by atoms with Crippen molar-refractivity contribution < 1.29 is 23.4 Å². The molecule has 0 unspecified atom stereocenters. The van der Waals surface area contributed by atoms with Gasteiger partial charge in [-0.3, -0.25) is 0 Å². The Balaban J connectivity index is 1.81. The molecule has 0 radical (unpaired) electrons. The van der Waals surface area contributed by atoms with E-state index in [0.717, 1.165) is 19.3 Å². The normalized spacial score (nSPS) is 11.1. The smallest absolute Gasteiger partial charge is 0.383 e. The van der Waals surface area contributed by atoms with Gasteiger partial charge in [0.15, 0.2) is 17.1 Å². The largest absolute Gasteiger partial charge is 0.489 e. The molecule has 0 fully saturated rings. The molecule has 0 saturated carbocycles. The van der Waals surface area contributed by atoms with Crippen LogP contribution in [0.3, 0.4) is 0 Å². The molecule has 6 heteroatoms. The quantitative estimate of drug-likeness (QED) is 0.137. The highest BCUT2D eigenvalue weighted by atomic mass is 16.6. The Hall–Kier alpha value is -3.28. The van der Waals surface area contributed by atoms with Crippen molar-refractivity contribution in [2.24, 2.45) is 0 Å². The van der Waals surface area contributed by atoms with Crippen molar-refractivity contribution in [1.29, 1.82) is 0 Å². The summed E-state index contributed by atoms with van der Waals surface area (Å²) in [5.74, 6) is -0.249. The summed E-state index contributed by atoms with van der Waals surface area (Å²) in [6.07, 6.45) is 9.21. The van der Waals surface area contributed by atoms with Gasteiger partial charge in [-0.15, -0.1) is 0 Å². The molecule has 35 heavy (non-hydrogen) atoms. The average Bonchev–Trinajstić information content (AvgIpc) is 2.85. The Morgan fingerprint density at radius 3 is 2.23 bits per heavy atom. The van der Waals surface area contributed by atoms with Gasteiger partial charge in [0.05, 0.1) is 23.7 Å². The summed E-state index contributed by atoms with van der Waals surface area (Å²) in [7, 11) is 0. The van der Waals surface area contributed by atoms with Gasteiger partial charge in [0.1, 0.15) is 0 Å². The molecule has 1 aromatic heterocycles. The molecule has 0 amide bonds. The summed E-state index contributed by atoms with van der Waals surface area (Å²) >= 11 is 0. The molecule has 0 aliphatic carbocycles. The lowest BCUT2D eigenvalue weighted by Gasteiger charge is -2.15. The van der Waals surface area contributed by atoms with E-state index in [1.165, 1.54) is 32.1 Å². The fourth-order valence-electron chi connectivity index (χ4n) is 3.87. The molecule has 0 bridgehead atoms. The van der Waals surface area contributed by atoms with E-state index in [9.17, 15) is 9.59 Å². The predicted molar refractivity (Wildman–Crippen MR) is 138 cm³/mol. The molecule has 0 spiro atoms. The lowest BCUT2D eigenvalue weighted by Crippen LogP contribution is -2.17. The molecular weight excluding hydrogens is 444 g/mol. The van der Waals surface area contributed by atoms with Crippen LogP contribution in [0.1, 0.15) is 82.5 Å². The maximum Gasteiger partial charge on any atom is 0.383 e. The molecule has 3 aromatic rings. The second-order valence-corrected chi connectivity index (χ2v) is 8.93. The van der Waals surface area contributed by atoms with E-state index < -0.39 is 11.6 Å². The van der Waals surface area contributed by atoms with Crippen LogP contribution < -0.4 is 19.8 Å². The molecule has 6 nitrogen and oxygen atoms in total. The first kappa shape index (κ1) is 26.3. The summed E-state index contributed by atoms with van der Waals surface area (Å²) in [6.45, 7) is 6.41. The highest BCUT2D eigenvalue weighted by Gasteiger charge is 2.23. The number of unbranched alkanes of at least 4 members (excludes halogenated alkanes) is 7. The molecule has 2 aromatic carbocycles. The third-order valence-electron chi connectivity index (χ3n) is 5.62. The van der Waals surface area contributed by atoms with E-state index >= 15 is 0 Å². The Labute approximate surface area is 207 Å². The molecule has 0 N–H and O–H groups in total. The Morgan fingerprint density at radius 2 is 1.54 bits per heavy atom. The first-order valence-electron chi connectivity index (χ1n) is 12.7. The molecule has 0 aliphatic rings. The molecule has 0 atom stereocenters. The molecule has 3 rings (SSSR count). The van der Waals surface area contributed by atoms with E-state index in [2.05, 4.69) is 6.92 Å². The minimum Gasteiger partial charge on any atom is -0.489 e. The van der Waals surface area contributed by atoms with Crippen LogP contribution in [0.4, 0.5) is 0 Å². The number of carbonyl (C=O) groups is 1. The van der Waals surface area contributed by atoms with Crippen LogP contribution in [0.2, 0.25) is 0 Å². The van der Waals surface area contributed by atoms with Gasteiger partial charge in [-0.1, -0.05) is 76.1 Å². The van der Waals surface area contributed by atoms with E-state index in [1.54, 1.807) is 48.5 Å². The van der Waals surface area contributed by atoms with Gasteiger partial charge in [-0.25, -0.2) is 9.59 Å². The topological polar surface area (TPSA) is 75.0 Å². The van der Waals surface area contributed by atoms with Gasteiger partial charge < -0.3 is 18.6 Å². The second-order valence-electron chi connectivity index (χ2n) is 8.93. The lowest BCUT2D eigenvalue weighted by molar-refractivity contribution is 0.0721. The number of hydrogen-bond donors (Lipinski definition) is 0. The SMILES string of the molecule is CCCCCCCCCCOc1c(OC(=O)c2ccccc2)c(=O)oc2c(OC(C)C)cccc12. The maximum atomic E-state index is 12.9. The molecule has 0 saturated heterocycles. The van der Waals surface area contributed by atoms with Gasteiger partial charge in [0, 0.05) is 0 Å². The fourth-order valence-corrected chi connectivity index (χ4v) is 3.87. The molecule has 188 valence electrons. The number of para-hydroxylation sites is 1. The van der Waals surface area contributed by atoms with Gasteiger partial charge >= 0.3 is 11.6 Å². The van der Waals surface area contributed by atoms with Crippen molar-refractivity contribution in [3.8, 4) is 17.2 Å². The molecule has 1 heterocycles. The van der Waals surface area contributed by atoms with Crippen molar-refractivity contribution in [3.63, 3.8) is 0 Å². The van der Waals surface area contributed by atoms with Crippen LogP contribution in [0.5, 0.6) is 17.2 Å². The zero-order valence-electron chi connectivity index (χ0n) is 21.0. The van der Waals surface area contributed by atoms with Crippen LogP contribution in [0.15, 0.2) is 57.7 Å². The fraction of sp³-hybridized carbons (Fsp3) is 0.448. The van der Waals surface area contributed by atoms with E-state index in [-0.39, 0.29) is 23.2 Å². The van der Waals surface area contributed by atoms with Gasteiger partial charge in [-0.05, 0) is 44.5 Å². The standard InChI is InChI=1S/C29H36O6/c1-4-5-6-7-8-9-10-14-20-32-26-23-18-15-19-24(33-21(2)3)25(23)34-29(31)27(26)35-28(30)22-16-12-11-13-17-22/h11-13,15-19,21H,4-10,14,20H2,1-3H3. The number of carbonyl (C=O) groups excluding carboxylic acids is 1. The van der Waals surface area contributed by atoms with Crippen LogP contribution in [0.25, 0.3) is 11.0 Å². The van der Waals surface area contributed by atoms with Crippen molar-refractivity contribution >= 4 is 16.9 Å². The predicted octanol–water partition coefficient (Wildman–Crippen LogP) is 7.32. The number of benzene rings is 2. The third kappa shape index (κ3) is 7.61. The van der Waals surface area contributed by atoms with E-state index in [0.29, 0.717) is 23.3 Å². The zero-order chi connectivity index (χ0) is 25.0. The summed E-state index contributed by atoms with van der Waals surface area (Å²) < 4.78 is 23.0. The van der Waals surface area contributed by atoms with Crippen LogP contribution in [-0.4, -0.2) is 18.7 Å². The van der Waals surface area contributed by atoms with Crippen molar-refractivity contribution in [1.82, 2.24) is 0 Å². The Kier molecular flexibility index (Phi) is 10.2. The summed E-state index contributed by atoms with van der Waals surface area (Å²) in [6, 6.07) is 13.8. The van der Waals surface area contributed by atoms with E-state index in [4.69, 9.17) is 18.6 Å². The summed E-state index contributed by atoms with van der Waals surface area (Å²) in [4.78, 5) is 25.6. The number of fused-ring (bicyclic) bond motifs is 1. The Bertz CT molecular complexity index is 1130. The van der Waals surface area contributed by atoms with Gasteiger partial charge in [0.2, 0.25) is 0 Å². The first-order valence-corrected chi connectivity index (χ1v) is 12.7. The van der Waals surface area contributed by atoms with Crippen LogP contribution >= 0.6 is 0 Å². The van der Waals surface area contributed by atoms with Crippen LogP contribution in [0, 0.1) is 0 Å². The second kappa shape index (κ2) is 13.6. The highest BCUT2D eigenvalue weighted by molar-refractivity contribution is 5.94. The number of rotatable bonds is 14. The molecule has 0 aliphatic heterocycles. The number of hydrogen-bond acceptors (Lipinski definition) is 6. The number of esters is 1. The minimum atomic E-state index is -0.785. The zero-order valence-corrected chi connectivity index (χ0v) is 21.0. The monoisotopic (exact) mass is 480 g/mol. The van der Waals surface area contributed by atoms with Gasteiger partial charge in [0.25, 0.3) is 5.75 Å². The number of ether oxygens (including phenoxy) is 3. The minimum absolute atomic E-state index is 0.108. The maximum absolute atomic E-state index is 12.9. The first-order chi connectivity index (χ1) is 17.0. The summed E-state index contributed by atoms with van der Waals surface area (Å²) in [5.41, 5.74) is -0.179. The van der Waals surface area contributed by atoms with Crippen molar-refractivity contribution in [3.05, 3.63) is 64.5 Å². The summed E-state index contributed by atoms with van der Waals surface area (Å²) in [5, 5.41) is 0.526. The van der Waals surface area contributed by atoms with Gasteiger partial charge in [-0.2, -0.15) is 0 Å². The van der Waals surface area contributed by atoms with Crippen molar-refractivity contribution in [2.45, 2.75) is 78.2 Å². The Morgan fingerprint density at radius 1 is 0.857 bits per heavy atom.